The first-order chi connectivity index (χ1) is 12.0. The number of hydrogen-bond acceptors (Lipinski definition) is 6. The van der Waals surface area contributed by atoms with Crippen LogP contribution in [-0.2, 0) is 20.1 Å². The van der Waals surface area contributed by atoms with Crippen LogP contribution in [0.15, 0.2) is 18.5 Å². The van der Waals surface area contributed by atoms with Gasteiger partial charge in [-0.05, 0) is 52.4 Å². The van der Waals surface area contributed by atoms with Crippen LogP contribution in [0.2, 0.25) is 0 Å². The van der Waals surface area contributed by atoms with Gasteiger partial charge in [0.2, 0.25) is 0 Å². The van der Waals surface area contributed by atoms with Crippen molar-refractivity contribution in [2.24, 2.45) is 7.05 Å². The van der Waals surface area contributed by atoms with E-state index in [1.165, 1.54) is 18.4 Å². The number of nitrogen functional groups attached to an aromatic ring is 1. The van der Waals surface area contributed by atoms with Crippen LogP contribution in [0.1, 0.15) is 36.3 Å². The summed E-state index contributed by atoms with van der Waals surface area (Å²) < 4.78 is 1.91. The molecule has 7 heteroatoms. The summed E-state index contributed by atoms with van der Waals surface area (Å²) in [4.78, 5) is 13.6. The van der Waals surface area contributed by atoms with E-state index in [-0.39, 0.29) is 0 Å². The summed E-state index contributed by atoms with van der Waals surface area (Å²) in [6, 6.07) is 2.29. The van der Waals surface area contributed by atoms with Gasteiger partial charge >= 0.3 is 0 Å². The first-order valence-electron chi connectivity index (χ1n) is 9.00. The summed E-state index contributed by atoms with van der Waals surface area (Å²) in [6.45, 7) is 6.09. The summed E-state index contributed by atoms with van der Waals surface area (Å²) in [5.74, 6) is 1.34. The van der Waals surface area contributed by atoms with Crippen LogP contribution in [0.25, 0.3) is 0 Å². The van der Waals surface area contributed by atoms with Gasteiger partial charge in [0.15, 0.2) is 0 Å². The highest BCUT2D eigenvalue weighted by Gasteiger charge is 2.21. The van der Waals surface area contributed by atoms with Crippen LogP contribution in [0.4, 0.5) is 5.82 Å². The predicted molar refractivity (Wildman–Crippen MR) is 98.8 cm³/mol. The molecule has 7 nitrogen and oxygen atoms in total. The quantitative estimate of drug-likeness (QED) is 0.888. The van der Waals surface area contributed by atoms with Gasteiger partial charge in [-0.1, -0.05) is 0 Å². The van der Waals surface area contributed by atoms with Crippen molar-refractivity contribution in [1.29, 1.82) is 0 Å². The standard InChI is InChI=1S/C18H29N7/c1-14-15(11-24(3)22-14)12-25-9-4-5-16(7-10-25)23(2)13-18-20-8-6-17(19)21-18/h6,8,11,16H,4-5,7,9-10,12-13H2,1-3H3,(H2,19,20,21). The predicted octanol–water partition coefficient (Wildman–Crippen LogP) is 1.59. The molecule has 2 aromatic rings. The van der Waals surface area contributed by atoms with Crippen molar-refractivity contribution in [3.8, 4) is 0 Å². The molecule has 3 heterocycles. The van der Waals surface area contributed by atoms with Crippen molar-refractivity contribution in [3.05, 3.63) is 35.5 Å². The van der Waals surface area contributed by atoms with Crippen molar-refractivity contribution in [2.45, 2.75) is 45.3 Å². The van der Waals surface area contributed by atoms with Gasteiger partial charge in [0.05, 0.1) is 12.2 Å². The second-order valence-corrected chi connectivity index (χ2v) is 7.09. The van der Waals surface area contributed by atoms with Crippen molar-refractivity contribution in [2.75, 3.05) is 25.9 Å². The molecule has 0 aliphatic carbocycles. The fourth-order valence-electron chi connectivity index (χ4n) is 3.63. The van der Waals surface area contributed by atoms with E-state index in [1.54, 1.807) is 12.3 Å². The molecule has 2 aromatic heterocycles. The molecule has 136 valence electrons. The molecule has 2 N–H and O–H groups in total. The normalized spacial score (nSPS) is 19.3. The summed E-state index contributed by atoms with van der Waals surface area (Å²) in [6.07, 6.45) is 7.46. The summed E-state index contributed by atoms with van der Waals surface area (Å²) in [5, 5.41) is 4.45. The SMILES string of the molecule is Cc1nn(C)cc1CN1CCCC(N(C)Cc2nccc(N)n2)CC1. The van der Waals surface area contributed by atoms with E-state index in [0.29, 0.717) is 11.9 Å². The van der Waals surface area contributed by atoms with E-state index in [9.17, 15) is 0 Å². The largest absolute Gasteiger partial charge is 0.384 e. The zero-order chi connectivity index (χ0) is 17.8. The second-order valence-electron chi connectivity index (χ2n) is 7.09. The molecule has 0 amide bonds. The molecule has 1 fully saturated rings. The summed E-state index contributed by atoms with van der Waals surface area (Å²) >= 11 is 0. The average Bonchev–Trinajstić information content (AvgIpc) is 2.74. The third kappa shape index (κ3) is 4.76. The van der Waals surface area contributed by atoms with Gasteiger partial charge in [-0.15, -0.1) is 0 Å². The minimum atomic E-state index is 0.539. The summed E-state index contributed by atoms with van der Waals surface area (Å²) in [5.41, 5.74) is 8.23. The van der Waals surface area contributed by atoms with E-state index in [1.807, 2.05) is 11.7 Å². The Morgan fingerprint density at radius 2 is 2.16 bits per heavy atom. The lowest BCUT2D eigenvalue weighted by Crippen LogP contribution is -2.33. The first-order valence-corrected chi connectivity index (χ1v) is 9.00. The molecule has 25 heavy (non-hydrogen) atoms. The van der Waals surface area contributed by atoms with Crippen molar-refractivity contribution >= 4 is 5.82 Å². The van der Waals surface area contributed by atoms with E-state index >= 15 is 0 Å². The van der Waals surface area contributed by atoms with Crippen molar-refractivity contribution < 1.29 is 0 Å². The Hall–Kier alpha value is -1.99. The van der Waals surface area contributed by atoms with Crippen LogP contribution >= 0.6 is 0 Å². The molecular formula is C18H29N7. The molecule has 1 unspecified atom stereocenters. The zero-order valence-corrected chi connectivity index (χ0v) is 15.5. The minimum Gasteiger partial charge on any atom is -0.384 e. The number of aryl methyl sites for hydroxylation is 2. The van der Waals surface area contributed by atoms with Gasteiger partial charge in [0, 0.05) is 37.6 Å². The van der Waals surface area contributed by atoms with Crippen LogP contribution in [-0.4, -0.2) is 55.7 Å². The highest BCUT2D eigenvalue weighted by molar-refractivity contribution is 5.25. The van der Waals surface area contributed by atoms with E-state index in [2.05, 4.69) is 45.0 Å². The Morgan fingerprint density at radius 3 is 2.88 bits per heavy atom. The maximum Gasteiger partial charge on any atom is 0.144 e. The molecule has 0 bridgehead atoms. The molecular weight excluding hydrogens is 314 g/mol. The van der Waals surface area contributed by atoms with Crippen LogP contribution in [0, 0.1) is 6.92 Å². The highest BCUT2D eigenvalue weighted by Crippen LogP contribution is 2.19. The number of nitrogens with two attached hydrogens (primary N) is 1. The lowest BCUT2D eigenvalue weighted by molar-refractivity contribution is 0.202. The second kappa shape index (κ2) is 7.93. The molecule has 1 aliphatic heterocycles. The van der Waals surface area contributed by atoms with Gasteiger partial charge in [-0.2, -0.15) is 5.10 Å². The van der Waals surface area contributed by atoms with E-state index in [4.69, 9.17) is 5.73 Å². The smallest absolute Gasteiger partial charge is 0.144 e. The van der Waals surface area contributed by atoms with Crippen LogP contribution in [0.3, 0.4) is 0 Å². The van der Waals surface area contributed by atoms with E-state index < -0.39 is 0 Å². The summed E-state index contributed by atoms with van der Waals surface area (Å²) in [7, 11) is 4.15. The number of likely N-dealkylation sites (tertiary alicyclic amines) is 1. The molecule has 1 saturated heterocycles. The number of hydrogen-bond donors (Lipinski definition) is 1. The number of rotatable bonds is 5. The third-order valence-corrected chi connectivity index (χ3v) is 5.04. The lowest BCUT2D eigenvalue weighted by atomic mass is 10.1. The first kappa shape index (κ1) is 17.8. The van der Waals surface area contributed by atoms with Gasteiger partial charge in [-0.25, -0.2) is 9.97 Å². The average molecular weight is 343 g/mol. The van der Waals surface area contributed by atoms with E-state index in [0.717, 1.165) is 44.1 Å². The Kier molecular flexibility index (Phi) is 5.65. The van der Waals surface area contributed by atoms with Crippen LogP contribution < -0.4 is 5.73 Å². The highest BCUT2D eigenvalue weighted by atomic mass is 15.3. The maximum atomic E-state index is 5.76. The van der Waals surface area contributed by atoms with Gasteiger partial charge in [0.25, 0.3) is 0 Å². The topological polar surface area (TPSA) is 76.1 Å². The van der Waals surface area contributed by atoms with Gasteiger partial charge in [-0.3, -0.25) is 14.5 Å². The fourth-order valence-corrected chi connectivity index (χ4v) is 3.63. The number of anilines is 1. The molecule has 0 saturated carbocycles. The molecule has 1 atom stereocenters. The van der Waals surface area contributed by atoms with Crippen molar-refractivity contribution in [3.63, 3.8) is 0 Å². The maximum absolute atomic E-state index is 5.76. The molecule has 3 rings (SSSR count). The number of aromatic nitrogens is 4. The molecule has 0 spiro atoms. The number of nitrogens with zero attached hydrogens (tertiary/aromatic N) is 6. The lowest BCUT2D eigenvalue weighted by Gasteiger charge is -2.26. The van der Waals surface area contributed by atoms with Crippen LogP contribution in [0.5, 0.6) is 0 Å². The minimum absolute atomic E-state index is 0.539. The third-order valence-electron chi connectivity index (χ3n) is 5.04. The Labute approximate surface area is 149 Å². The Morgan fingerprint density at radius 1 is 1.32 bits per heavy atom. The Balaban J connectivity index is 1.54. The van der Waals surface area contributed by atoms with Gasteiger partial charge in [0.1, 0.15) is 11.6 Å². The monoisotopic (exact) mass is 343 g/mol. The Bertz CT molecular complexity index is 696. The van der Waals surface area contributed by atoms with Gasteiger partial charge < -0.3 is 5.73 Å². The molecule has 0 aromatic carbocycles. The molecule has 0 radical (unpaired) electrons. The van der Waals surface area contributed by atoms with Crippen molar-refractivity contribution in [1.82, 2.24) is 29.5 Å². The zero-order valence-electron chi connectivity index (χ0n) is 15.5. The fraction of sp³-hybridized carbons (Fsp3) is 0.611. The molecule has 1 aliphatic rings.